The number of hydrogen-bond acceptors (Lipinski definition) is 6. The van der Waals surface area contributed by atoms with Crippen molar-refractivity contribution in [2.45, 2.75) is 0 Å². The molecule has 23 aromatic rings. The predicted octanol–water partition coefficient (Wildman–Crippen LogP) is 27.1. The van der Waals surface area contributed by atoms with E-state index in [1.165, 1.54) is 70.7 Å². The average molecular weight is 1510 g/mol. The highest BCUT2D eigenvalue weighted by Crippen LogP contribution is 2.43. The van der Waals surface area contributed by atoms with Crippen LogP contribution in [0.4, 0.5) is 0 Å². The number of hydrogen-bond donors (Lipinski definition) is 0. The van der Waals surface area contributed by atoms with Crippen LogP contribution in [-0.2, 0) is 0 Å². The summed E-state index contributed by atoms with van der Waals surface area (Å²) in [6.45, 7) is 0. The molecule has 0 unspecified atom stereocenters. The summed E-state index contributed by atoms with van der Waals surface area (Å²) in [5.41, 5.74) is 25.8. The van der Waals surface area contributed by atoms with Gasteiger partial charge in [0, 0.05) is 99.2 Å². The molecule has 118 heavy (non-hydrogen) atoms. The Balaban J connectivity index is 0.000000143. The largest absolute Gasteiger partial charge is 0.309 e. The number of nitrogens with zero attached hydrogens (tertiary/aromatic N) is 10. The fraction of sp³-hybridized carbons (Fsp3) is 0. The predicted molar refractivity (Wildman–Crippen MR) is 486 cm³/mol. The van der Waals surface area contributed by atoms with Crippen LogP contribution >= 0.6 is 0 Å². The van der Waals surface area contributed by atoms with E-state index in [0.29, 0.717) is 34.9 Å². The molecule has 0 spiro atoms. The zero-order chi connectivity index (χ0) is 78.0. The van der Waals surface area contributed by atoms with Gasteiger partial charge in [-0.1, -0.05) is 315 Å². The van der Waals surface area contributed by atoms with Crippen molar-refractivity contribution in [2.75, 3.05) is 0 Å². The molecule has 0 saturated carbocycles. The first-order chi connectivity index (χ1) is 58.5. The van der Waals surface area contributed by atoms with Crippen LogP contribution in [0.3, 0.4) is 0 Å². The van der Waals surface area contributed by atoms with Crippen molar-refractivity contribution in [3.63, 3.8) is 0 Å². The lowest BCUT2D eigenvalue weighted by molar-refractivity contribution is 1.07. The third-order valence-corrected chi connectivity index (χ3v) is 22.7. The normalized spacial score (nSPS) is 11.6. The number of fused-ring (bicyclic) bond motifs is 12. The Labute approximate surface area is 680 Å². The molecule has 0 aliphatic rings. The van der Waals surface area contributed by atoms with E-state index in [-0.39, 0.29) is 0 Å². The van der Waals surface area contributed by atoms with Crippen LogP contribution in [0.1, 0.15) is 0 Å². The van der Waals surface area contributed by atoms with E-state index in [4.69, 9.17) is 29.9 Å². The maximum absolute atomic E-state index is 5.24. The van der Waals surface area contributed by atoms with Gasteiger partial charge in [0.15, 0.2) is 34.9 Å². The summed E-state index contributed by atoms with van der Waals surface area (Å²) >= 11 is 0. The average Bonchev–Trinajstić information content (AvgIpc) is 1.57. The highest BCUT2D eigenvalue weighted by molar-refractivity contribution is 6.14. The maximum atomic E-state index is 5.24. The molecule has 6 aromatic heterocycles. The van der Waals surface area contributed by atoms with Gasteiger partial charge in [0.2, 0.25) is 0 Å². The summed E-state index contributed by atoms with van der Waals surface area (Å²) in [5, 5.41) is 9.73. The molecule has 10 heteroatoms. The third-order valence-electron chi connectivity index (χ3n) is 22.7. The molecule has 0 amide bonds. The van der Waals surface area contributed by atoms with Crippen LogP contribution in [0, 0.1) is 0 Å². The summed E-state index contributed by atoms with van der Waals surface area (Å²) in [6, 6.07) is 150. The third kappa shape index (κ3) is 12.3. The van der Waals surface area contributed by atoms with Crippen LogP contribution in [-0.4, -0.2) is 48.2 Å². The maximum Gasteiger partial charge on any atom is 0.164 e. The van der Waals surface area contributed by atoms with Gasteiger partial charge in [-0.2, -0.15) is 0 Å². The van der Waals surface area contributed by atoms with Crippen molar-refractivity contribution in [3.8, 4) is 124 Å². The Bertz CT molecular complexity index is 7600. The standard InChI is InChI=1S/C57H37N5.C51H33N5/c1-4-16-38(17-5-1)40-28-30-42(31-29-40)56-58-55(41-20-8-3-9-21-41)59-57(60-56)44-34-43(39-18-6-2-7-19-39)35-46(36-44)62-53-27-15-12-24-49(53)50-37-45(32-33-54(50)62)61-51-25-13-10-22-47(51)48-23-11-14-26-52(48)61;1-4-16-34(17-5-1)37-30-38(51-53-49(35-18-6-2-7-19-35)52-50(54-51)36-20-8-3-9-21-36)32-40(31-37)56-47-27-15-12-24-43(47)44-33-39(28-29-48(44)56)55-45-25-13-10-22-41(45)42-23-11-14-26-46(42)55/h1-37H;1-33H. The van der Waals surface area contributed by atoms with Crippen molar-refractivity contribution in [2.24, 2.45) is 0 Å². The van der Waals surface area contributed by atoms with Gasteiger partial charge in [-0.25, -0.2) is 29.9 Å². The van der Waals surface area contributed by atoms with Gasteiger partial charge in [0.25, 0.3) is 0 Å². The van der Waals surface area contributed by atoms with Crippen LogP contribution in [0.2, 0.25) is 0 Å². The molecule has 6 heterocycles. The minimum Gasteiger partial charge on any atom is -0.309 e. The first-order valence-electron chi connectivity index (χ1n) is 39.8. The number of benzene rings is 17. The second-order valence-electron chi connectivity index (χ2n) is 29.8. The smallest absolute Gasteiger partial charge is 0.164 e. The lowest BCUT2D eigenvalue weighted by Crippen LogP contribution is -2.02. The molecular weight excluding hydrogens is 1440 g/mol. The lowest BCUT2D eigenvalue weighted by atomic mass is 10.0. The van der Waals surface area contributed by atoms with Crippen molar-refractivity contribution < 1.29 is 0 Å². The number of para-hydroxylation sites is 6. The molecule has 0 bridgehead atoms. The molecule has 552 valence electrons. The van der Waals surface area contributed by atoms with Gasteiger partial charge in [-0.15, -0.1) is 0 Å². The van der Waals surface area contributed by atoms with Crippen LogP contribution < -0.4 is 0 Å². The van der Waals surface area contributed by atoms with Gasteiger partial charge >= 0.3 is 0 Å². The first kappa shape index (κ1) is 68.7. The van der Waals surface area contributed by atoms with Gasteiger partial charge in [-0.3, -0.25) is 0 Å². The molecule has 0 fully saturated rings. The summed E-state index contributed by atoms with van der Waals surface area (Å²) in [7, 11) is 0. The molecule has 10 nitrogen and oxygen atoms in total. The van der Waals surface area contributed by atoms with Crippen molar-refractivity contribution in [3.05, 3.63) is 425 Å². The Kier molecular flexibility index (Phi) is 17.0. The molecular formula is C108H70N10. The van der Waals surface area contributed by atoms with E-state index in [0.717, 1.165) is 106 Å². The highest BCUT2D eigenvalue weighted by Gasteiger charge is 2.24. The lowest BCUT2D eigenvalue weighted by Gasteiger charge is -2.15. The first-order valence-corrected chi connectivity index (χ1v) is 39.8. The molecule has 23 rings (SSSR count). The fourth-order valence-corrected chi connectivity index (χ4v) is 17.2. The van der Waals surface area contributed by atoms with E-state index in [1.54, 1.807) is 0 Å². The Morgan fingerprint density at radius 1 is 0.119 bits per heavy atom. The monoisotopic (exact) mass is 1510 g/mol. The molecule has 0 atom stereocenters. The van der Waals surface area contributed by atoms with Crippen molar-refractivity contribution in [1.82, 2.24) is 48.2 Å². The van der Waals surface area contributed by atoms with Crippen molar-refractivity contribution in [1.29, 1.82) is 0 Å². The van der Waals surface area contributed by atoms with Gasteiger partial charge in [-0.05, 0) is 143 Å². The van der Waals surface area contributed by atoms with Gasteiger partial charge in [0.05, 0.1) is 44.1 Å². The molecule has 0 radical (unpaired) electrons. The zero-order valence-electron chi connectivity index (χ0n) is 63.9. The SMILES string of the molecule is c1ccc(-c2cc(-c3nc(-c4ccccc4)nc(-c4ccccc4)n3)cc(-n3c4ccccc4c4cc(-n5c6ccccc6c6ccccc65)ccc43)c2)cc1.c1ccc(-c2ccc(-c3nc(-c4ccccc4)nc(-c4cc(-c5ccccc5)cc(-n5c6ccccc6c6cc(-n7c8ccccc8c8ccccc87)ccc65)c4)n3)cc2)cc1. The summed E-state index contributed by atoms with van der Waals surface area (Å²) < 4.78 is 9.55. The van der Waals surface area contributed by atoms with Gasteiger partial charge < -0.3 is 18.3 Å². The van der Waals surface area contributed by atoms with E-state index < -0.39 is 0 Å². The van der Waals surface area contributed by atoms with E-state index in [2.05, 4.69) is 358 Å². The van der Waals surface area contributed by atoms with E-state index in [1.807, 2.05) is 84.9 Å². The van der Waals surface area contributed by atoms with E-state index >= 15 is 0 Å². The minimum absolute atomic E-state index is 0.606. The summed E-state index contributed by atoms with van der Waals surface area (Å²) in [4.78, 5) is 30.8. The topological polar surface area (TPSA) is 97.1 Å². The fourth-order valence-electron chi connectivity index (χ4n) is 17.2. The zero-order valence-corrected chi connectivity index (χ0v) is 63.9. The van der Waals surface area contributed by atoms with Crippen molar-refractivity contribution >= 4 is 87.2 Å². The molecule has 0 aliphatic heterocycles. The van der Waals surface area contributed by atoms with Crippen LogP contribution in [0.25, 0.3) is 212 Å². The second-order valence-corrected chi connectivity index (χ2v) is 29.8. The molecule has 0 aliphatic carbocycles. The Morgan fingerprint density at radius 2 is 0.314 bits per heavy atom. The molecule has 0 N–H and O–H groups in total. The Morgan fingerprint density at radius 3 is 0.610 bits per heavy atom. The quantitative estimate of drug-likeness (QED) is 0.114. The summed E-state index contributed by atoms with van der Waals surface area (Å²) in [5.74, 6) is 3.74. The molecule has 17 aromatic carbocycles. The van der Waals surface area contributed by atoms with Gasteiger partial charge in [0.1, 0.15) is 0 Å². The molecule has 0 saturated heterocycles. The summed E-state index contributed by atoms with van der Waals surface area (Å²) in [6.07, 6.45) is 0. The number of rotatable bonds is 13. The Hall–Kier alpha value is -16.0. The van der Waals surface area contributed by atoms with Crippen LogP contribution in [0.15, 0.2) is 425 Å². The van der Waals surface area contributed by atoms with Crippen LogP contribution in [0.5, 0.6) is 0 Å². The number of aromatic nitrogens is 10. The second kappa shape index (κ2) is 29.2. The highest BCUT2D eigenvalue weighted by atomic mass is 15.1. The van der Waals surface area contributed by atoms with E-state index in [9.17, 15) is 0 Å². The minimum atomic E-state index is 0.606.